The summed E-state index contributed by atoms with van der Waals surface area (Å²) in [5.41, 5.74) is 2.36. The lowest BCUT2D eigenvalue weighted by molar-refractivity contribution is 0.0943. The fourth-order valence-corrected chi connectivity index (χ4v) is 2.29. The van der Waals surface area contributed by atoms with Crippen molar-refractivity contribution in [3.05, 3.63) is 69.7 Å². The topological polar surface area (TPSA) is 44.1 Å². The molecule has 2 aromatic carbocycles. The van der Waals surface area contributed by atoms with Gasteiger partial charge in [0.25, 0.3) is 0 Å². The van der Waals surface area contributed by atoms with Crippen molar-refractivity contribution in [3.8, 4) is 6.07 Å². The molecule has 3 nitrogen and oxygen atoms in total. The number of likely N-dealkylation sites (N-methyl/N-ethyl adjacent to an activating group) is 1. The van der Waals surface area contributed by atoms with Crippen LogP contribution in [0, 0.1) is 11.3 Å². The van der Waals surface area contributed by atoms with E-state index in [0.717, 1.165) is 16.6 Å². The third kappa shape index (κ3) is 4.52. The Bertz CT molecular complexity index is 657. The van der Waals surface area contributed by atoms with E-state index in [0.29, 0.717) is 17.7 Å². The molecule has 4 heteroatoms. The fourth-order valence-electron chi connectivity index (χ4n) is 2.02. The van der Waals surface area contributed by atoms with Crippen LogP contribution >= 0.6 is 15.9 Å². The minimum atomic E-state index is 0.0547. The molecule has 0 bridgehead atoms. The van der Waals surface area contributed by atoms with Crippen LogP contribution in [-0.4, -0.2) is 24.3 Å². The average Bonchev–Trinajstić information content (AvgIpc) is 2.49. The molecule has 0 saturated carbocycles. The van der Waals surface area contributed by atoms with E-state index in [9.17, 15) is 4.79 Å². The molecule has 0 saturated heterocycles. The second-order valence-electron chi connectivity index (χ2n) is 4.91. The second kappa shape index (κ2) is 7.16. The first-order valence-corrected chi connectivity index (χ1v) is 7.34. The molecule has 0 atom stereocenters. The largest absolute Gasteiger partial charge is 0.295 e. The molecule has 0 amide bonds. The summed E-state index contributed by atoms with van der Waals surface area (Å²) < 4.78 is 1.04. The van der Waals surface area contributed by atoms with Crippen molar-refractivity contribution in [1.29, 1.82) is 5.26 Å². The first kappa shape index (κ1) is 15.4. The highest BCUT2D eigenvalue weighted by Crippen LogP contribution is 2.12. The predicted molar refractivity (Wildman–Crippen MR) is 86.0 cm³/mol. The van der Waals surface area contributed by atoms with Crippen molar-refractivity contribution in [1.82, 2.24) is 4.90 Å². The quantitative estimate of drug-likeness (QED) is 0.779. The number of benzene rings is 2. The van der Waals surface area contributed by atoms with Crippen LogP contribution in [0.1, 0.15) is 21.5 Å². The molecular formula is C17H15BrN2O. The molecule has 0 N–H and O–H groups in total. The Hall–Kier alpha value is -1.96. The standard InChI is InChI=1S/C17H15BrN2O/c1-20(11-14-4-8-16(18)9-5-14)12-17(21)15-6-2-13(10-19)3-7-15/h2-9H,11-12H2,1H3. The molecule has 0 radical (unpaired) electrons. The number of nitrogens with zero attached hydrogens (tertiary/aromatic N) is 2. The van der Waals surface area contributed by atoms with E-state index in [1.54, 1.807) is 24.3 Å². The van der Waals surface area contributed by atoms with Gasteiger partial charge in [0, 0.05) is 16.6 Å². The Balaban J connectivity index is 1.95. The number of carbonyl (C=O) groups is 1. The summed E-state index contributed by atoms with van der Waals surface area (Å²) in [5.74, 6) is 0.0547. The van der Waals surface area contributed by atoms with Crippen molar-refractivity contribution >= 4 is 21.7 Å². The number of hydrogen-bond donors (Lipinski definition) is 0. The summed E-state index contributed by atoms with van der Waals surface area (Å²) in [6, 6.07) is 16.8. The van der Waals surface area contributed by atoms with Gasteiger partial charge in [-0.3, -0.25) is 9.69 Å². The Morgan fingerprint density at radius 2 is 1.76 bits per heavy atom. The van der Waals surface area contributed by atoms with E-state index in [1.807, 2.05) is 42.3 Å². The molecular weight excluding hydrogens is 328 g/mol. The molecule has 21 heavy (non-hydrogen) atoms. The fraction of sp³-hybridized carbons (Fsp3) is 0.176. The van der Waals surface area contributed by atoms with Gasteiger partial charge in [-0.15, -0.1) is 0 Å². The number of nitriles is 1. The molecule has 0 spiro atoms. The first-order valence-electron chi connectivity index (χ1n) is 6.55. The number of ketones is 1. The summed E-state index contributed by atoms with van der Waals surface area (Å²) >= 11 is 3.40. The number of Topliss-reactive ketones (excluding diaryl/α,β-unsaturated/α-hetero) is 1. The van der Waals surface area contributed by atoms with Crippen molar-refractivity contribution in [2.75, 3.05) is 13.6 Å². The van der Waals surface area contributed by atoms with Gasteiger partial charge in [0.15, 0.2) is 5.78 Å². The van der Waals surface area contributed by atoms with Gasteiger partial charge in [0.05, 0.1) is 18.2 Å². The normalized spacial score (nSPS) is 10.4. The number of carbonyl (C=O) groups excluding carboxylic acids is 1. The van der Waals surface area contributed by atoms with Crippen molar-refractivity contribution in [2.24, 2.45) is 0 Å². The number of hydrogen-bond acceptors (Lipinski definition) is 3. The third-order valence-corrected chi connectivity index (χ3v) is 3.64. The molecule has 106 valence electrons. The minimum absolute atomic E-state index is 0.0547. The van der Waals surface area contributed by atoms with Crippen LogP contribution in [-0.2, 0) is 6.54 Å². The molecule has 2 rings (SSSR count). The van der Waals surface area contributed by atoms with Crippen LogP contribution in [0.2, 0.25) is 0 Å². The van der Waals surface area contributed by atoms with Gasteiger partial charge in [-0.25, -0.2) is 0 Å². The Morgan fingerprint density at radius 1 is 1.14 bits per heavy atom. The Labute approximate surface area is 132 Å². The summed E-state index contributed by atoms with van der Waals surface area (Å²) in [4.78, 5) is 14.1. The maximum atomic E-state index is 12.2. The van der Waals surface area contributed by atoms with Gasteiger partial charge in [-0.05, 0) is 36.9 Å². The van der Waals surface area contributed by atoms with Gasteiger partial charge >= 0.3 is 0 Å². The average molecular weight is 343 g/mol. The molecule has 0 fully saturated rings. The van der Waals surface area contributed by atoms with Gasteiger partial charge in [-0.2, -0.15) is 5.26 Å². The van der Waals surface area contributed by atoms with Crippen LogP contribution in [0.3, 0.4) is 0 Å². The monoisotopic (exact) mass is 342 g/mol. The highest BCUT2D eigenvalue weighted by Gasteiger charge is 2.09. The van der Waals surface area contributed by atoms with Crippen LogP contribution in [0.25, 0.3) is 0 Å². The third-order valence-electron chi connectivity index (χ3n) is 3.12. The molecule has 0 aliphatic heterocycles. The van der Waals surface area contributed by atoms with Crippen molar-refractivity contribution in [3.63, 3.8) is 0 Å². The summed E-state index contributed by atoms with van der Waals surface area (Å²) in [5, 5.41) is 8.75. The van der Waals surface area contributed by atoms with Gasteiger partial charge in [0.2, 0.25) is 0 Å². The van der Waals surface area contributed by atoms with E-state index in [4.69, 9.17) is 5.26 Å². The van der Waals surface area contributed by atoms with Crippen LogP contribution in [0.15, 0.2) is 53.0 Å². The minimum Gasteiger partial charge on any atom is -0.295 e. The number of rotatable bonds is 5. The van der Waals surface area contributed by atoms with E-state index in [-0.39, 0.29) is 5.78 Å². The van der Waals surface area contributed by atoms with Crippen molar-refractivity contribution < 1.29 is 4.79 Å². The Morgan fingerprint density at radius 3 is 2.33 bits per heavy atom. The zero-order valence-electron chi connectivity index (χ0n) is 11.7. The Kier molecular flexibility index (Phi) is 5.26. The predicted octanol–water partition coefficient (Wildman–Crippen LogP) is 3.64. The molecule has 0 heterocycles. The highest BCUT2D eigenvalue weighted by molar-refractivity contribution is 9.10. The summed E-state index contributed by atoms with van der Waals surface area (Å²) in [7, 11) is 1.92. The lowest BCUT2D eigenvalue weighted by Crippen LogP contribution is -2.25. The lowest BCUT2D eigenvalue weighted by Gasteiger charge is -2.16. The maximum absolute atomic E-state index is 12.2. The summed E-state index contributed by atoms with van der Waals surface area (Å²) in [6.07, 6.45) is 0. The highest BCUT2D eigenvalue weighted by atomic mass is 79.9. The van der Waals surface area contributed by atoms with Gasteiger partial charge < -0.3 is 0 Å². The van der Waals surface area contributed by atoms with Crippen LogP contribution in [0.5, 0.6) is 0 Å². The van der Waals surface area contributed by atoms with Crippen molar-refractivity contribution in [2.45, 2.75) is 6.54 Å². The van der Waals surface area contributed by atoms with Gasteiger partial charge in [-0.1, -0.05) is 40.2 Å². The molecule has 0 aliphatic carbocycles. The zero-order chi connectivity index (χ0) is 15.2. The van der Waals surface area contributed by atoms with E-state index >= 15 is 0 Å². The lowest BCUT2D eigenvalue weighted by atomic mass is 10.1. The molecule has 0 unspecified atom stereocenters. The van der Waals surface area contributed by atoms with Crippen LogP contribution in [0.4, 0.5) is 0 Å². The molecule has 2 aromatic rings. The zero-order valence-corrected chi connectivity index (χ0v) is 13.3. The maximum Gasteiger partial charge on any atom is 0.176 e. The molecule has 0 aliphatic rings. The SMILES string of the molecule is CN(CC(=O)c1ccc(C#N)cc1)Cc1ccc(Br)cc1. The summed E-state index contributed by atoms with van der Waals surface area (Å²) in [6.45, 7) is 1.07. The number of halogens is 1. The first-order chi connectivity index (χ1) is 10.1. The molecule has 0 aromatic heterocycles. The second-order valence-corrected chi connectivity index (χ2v) is 5.83. The smallest absolute Gasteiger partial charge is 0.176 e. The van der Waals surface area contributed by atoms with E-state index in [2.05, 4.69) is 15.9 Å². The van der Waals surface area contributed by atoms with E-state index in [1.165, 1.54) is 0 Å². The van der Waals surface area contributed by atoms with Gasteiger partial charge in [0.1, 0.15) is 0 Å². The van der Waals surface area contributed by atoms with Crippen LogP contribution < -0.4 is 0 Å². The van der Waals surface area contributed by atoms with E-state index < -0.39 is 0 Å².